The molecule has 0 fully saturated rings. The fourth-order valence-corrected chi connectivity index (χ4v) is 1.29. The van der Waals surface area contributed by atoms with Gasteiger partial charge in [0.15, 0.2) is 0 Å². The van der Waals surface area contributed by atoms with Crippen molar-refractivity contribution in [3.05, 3.63) is 55.0 Å². The Morgan fingerprint density at radius 2 is 1.50 bits per heavy atom. The Morgan fingerprint density at radius 1 is 0.833 bits per heavy atom. The third kappa shape index (κ3) is 1.50. The molecule has 54 valence electrons. The molecule has 1 heteroatoms. The molecule has 0 heterocycles. The molecule has 0 bridgehead atoms. The van der Waals surface area contributed by atoms with E-state index in [2.05, 4.69) is 25.1 Å². The van der Waals surface area contributed by atoms with Crippen LogP contribution >= 0.6 is 0 Å². The van der Waals surface area contributed by atoms with Gasteiger partial charge in [-0.2, -0.15) is 18.6 Å². The third-order valence-corrected chi connectivity index (χ3v) is 1.88. The maximum absolute atomic E-state index is 3.95. The Bertz CT molecular complexity index is 374. The van der Waals surface area contributed by atoms with E-state index < -0.39 is 0 Å². The first-order valence-electron chi connectivity index (χ1n) is 3.67. The zero-order chi connectivity index (χ0) is 7.68. The standard InChI is InChI=1S/C11H9.Li/c1-9-5-4-7-10-6-2-3-8-11(9)10;/h2-8H,1H2;/q-1;+1. The predicted octanol–water partition coefficient (Wildman–Crippen LogP) is 0.0260. The molecule has 0 spiro atoms. The first-order valence-corrected chi connectivity index (χ1v) is 3.67. The van der Waals surface area contributed by atoms with Gasteiger partial charge in [-0.3, -0.25) is 0 Å². The fraction of sp³-hybridized carbons (Fsp3) is 0. The molecule has 2 rings (SSSR count). The molecule has 0 N–H and O–H groups in total. The summed E-state index contributed by atoms with van der Waals surface area (Å²) in [6.45, 7) is 3.95. The van der Waals surface area contributed by atoms with Crippen molar-refractivity contribution in [1.82, 2.24) is 0 Å². The summed E-state index contributed by atoms with van der Waals surface area (Å²) in [5, 5.41) is 2.51. The van der Waals surface area contributed by atoms with Gasteiger partial charge < -0.3 is 0 Å². The molecule has 0 amide bonds. The maximum atomic E-state index is 3.95. The fourth-order valence-electron chi connectivity index (χ4n) is 1.29. The second kappa shape index (κ2) is 3.71. The van der Waals surface area contributed by atoms with Gasteiger partial charge in [-0.15, -0.1) is 17.5 Å². The van der Waals surface area contributed by atoms with Gasteiger partial charge >= 0.3 is 18.9 Å². The first-order chi connectivity index (χ1) is 5.38. The van der Waals surface area contributed by atoms with Crippen molar-refractivity contribution in [3.63, 3.8) is 0 Å². The summed E-state index contributed by atoms with van der Waals surface area (Å²) in [5.41, 5.74) is 1.10. The summed E-state index contributed by atoms with van der Waals surface area (Å²) in [7, 11) is 0. The zero-order valence-electron chi connectivity index (χ0n) is 7.25. The first kappa shape index (κ1) is 9.26. The molecule has 0 aliphatic rings. The minimum absolute atomic E-state index is 0. The predicted molar refractivity (Wildman–Crippen MR) is 48.4 cm³/mol. The smallest absolute Gasteiger partial charge is 0.198 e. The number of hydrogen-bond donors (Lipinski definition) is 0. The van der Waals surface area contributed by atoms with Crippen molar-refractivity contribution in [3.8, 4) is 0 Å². The summed E-state index contributed by atoms with van der Waals surface area (Å²) in [6, 6.07) is 14.4. The van der Waals surface area contributed by atoms with Gasteiger partial charge in [-0.05, 0) is 0 Å². The quantitative estimate of drug-likeness (QED) is 0.365. The van der Waals surface area contributed by atoms with Crippen molar-refractivity contribution in [1.29, 1.82) is 0 Å². The Morgan fingerprint density at radius 3 is 2.25 bits per heavy atom. The molecule has 0 radical (unpaired) electrons. The van der Waals surface area contributed by atoms with Crippen molar-refractivity contribution >= 4 is 10.8 Å². The zero-order valence-corrected chi connectivity index (χ0v) is 7.25. The topological polar surface area (TPSA) is 0 Å². The van der Waals surface area contributed by atoms with Gasteiger partial charge in [0.1, 0.15) is 0 Å². The molecule has 0 aliphatic heterocycles. The molecule has 0 aliphatic carbocycles. The van der Waals surface area contributed by atoms with E-state index in [9.17, 15) is 0 Å². The van der Waals surface area contributed by atoms with Gasteiger partial charge in [0, 0.05) is 0 Å². The van der Waals surface area contributed by atoms with Gasteiger partial charge in [0.2, 0.25) is 0 Å². The molecule has 0 aromatic heterocycles. The van der Waals surface area contributed by atoms with E-state index in [1.165, 1.54) is 10.8 Å². The minimum Gasteiger partial charge on any atom is -0.198 e. The van der Waals surface area contributed by atoms with E-state index in [0.717, 1.165) is 5.56 Å². The summed E-state index contributed by atoms with van der Waals surface area (Å²) in [5.74, 6) is 0. The van der Waals surface area contributed by atoms with Crippen LogP contribution in [0, 0.1) is 6.92 Å². The van der Waals surface area contributed by atoms with Crippen LogP contribution < -0.4 is 18.9 Å². The van der Waals surface area contributed by atoms with Gasteiger partial charge in [0.05, 0.1) is 0 Å². The molecule has 0 saturated heterocycles. The molecular weight excluding hydrogens is 139 g/mol. The molecular formula is C11H9Li. The monoisotopic (exact) mass is 148 g/mol. The van der Waals surface area contributed by atoms with Crippen LogP contribution in [0.5, 0.6) is 0 Å². The van der Waals surface area contributed by atoms with Crippen LogP contribution in [0.2, 0.25) is 0 Å². The Balaban J connectivity index is 0.000000720. The van der Waals surface area contributed by atoms with Gasteiger partial charge in [-0.25, -0.2) is 0 Å². The normalized spacial score (nSPS) is 9.33. The van der Waals surface area contributed by atoms with Crippen LogP contribution in [0.3, 0.4) is 0 Å². The van der Waals surface area contributed by atoms with Crippen LogP contribution in [0.15, 0.2) is 42.5 Å². The summed E-state index contributed by atoms with van der Waals surface area (Å²) < 4.78 is 0. The van der Waals surface area contributed by atoms with Gasteiger partial charge in [0.25, 0.3) is 0 Å². The number of rotatable bonds is 0. The van der Waals surface area contributed by atoms with E-state index in [-0.39, 0.29) is 18.9 Å². The second-order valence-corrected chi connectivity index (χ2v) is 2.64. The SMILES string of the molecule is [CH2-]c1cccc2ccccc12.[Li+]. The molecule has 2 aromatic rings. The average Bonchev–Trinajstić information content (AvgIpc) is 2.06. The van der Waals surface area contributed by atoms with Crippen LogP contribution in [0.4, 0.5) is 0 Å². The Hall–Kier alpha value is -0.833. The average molecular weight is 148 g/mol. The van der Waals surface area contributed by atoms with Crippen molar-refractivity contribution in [2.45, 2.75) is 0 Å². The van der Waals surface area contributed by atoms with Gasteiger partial charge in [-0.1, -0.05) is 29.7 Å². The van der Waals surface area contributed by atoms with E-state index in [0.29, 0.717) is 0 Å². The van der Waals surface area contributed by atoms with Crippen LogP contribution in [-0.4, -0.2) is 0 Å². The third-order valence-electron chi connectivity index (χ3n) is 1.88. The van der Waals surface area contributed by atoms with Crippen LogP contribution in [-0.2, 0) is 0 Å². The molecule has 0 atom stereocenters. The van der Waals surface area contributed by atoms with E-state index in [1.54, 1.807) is 0 Å². The Labute approximate surface area is 84.8 Å². The summed E-state index contributed by atoms with van der Waals surface area (Å²) >= 11 is 0. The molecule has 2 aromatic carbocycles. The van der Waals surface area contributed by atoms with Crippen molar-refractivity contribution in [2.24, 2.45) is 0 Å². The van der Waals surface area contributed by atoms with Crippen molar-refractivity contribution in [2.75, 3.05) is 0 Å². The number of fused-ring (bicyclic) bond motifs is 1. The van der Waals surface area contributed by atoms with E-state index in [4.69, 9.17) is 0 Å². The molecule has 0 unspecified atom stereocenters. The number of hydrogen-bond acceptors (Lipinski definition) is 0. The summed E-state index contributed by atoms with van der Waals surface area (Å²) in [6.07, 6.45) is 0. The largest absolute Gasteiger partial charge is 1.00 e. The Kier molecular flexibility index (Phi) is 2.87. The summed E-state index contributed by atoms with van der Waals surface area (Å²) in [4.78, 5) is 0. The van der Waals surface area contributed by atoms with Crippen LogP contribution in [0.1, 0.15) is 5.56 Å². The molecule has 0 nitrogen and oxygen atoms in total. The second-order valence-electron chi connectivity index (χ2n) is 2.64. The molecule has 12 heavy (non-hydrogen) atoms. The van der Waals surface area contributed by atoms with E-state index in [1.807, 2.05) is 24.3 Å². The van der Waals surface area contributed by atoms with Crippen LogP contribution in [0.25, 0.3) is 10.8 Å². The minimum atomic E-state index is 0. The maximum Gasteiger partial charge on any atom is 1.00 e. The molecule has 0 saturated carbocycles. The van der Waals surface area contributed by atoms with Crippen molar-refractivity contribution < 1.29 is 18.9 Å². The van der Waals surface area contributed by atoms with E-state index >= 15 is 0 Å². The number of benzene rings is 2.